The largest absolute Gasteiger partial charge is 0.335 e. The van der Waals surface area contributed by atoms with Crippen molar-refractivity contribution < 1.29 is 14.0 Å². The third-order valence-electron chi connectivity index (χ3n) is 6.34. The van der Waals surface area contributed by atoms with Crippen molar-refractivity contribution in [1.29, 1.82) is 0 Å². The van der Waals surface area contributed by atoms with Gasteiger partial charge in [-0.2, -0.15) is 0 Å². The van der Waals surface area contributed by atoms with E-state index >= 15 is 0 Å². The van der Waals surface area contributed by atoms with Crippen LogP contribution in [-0.2, 0) is 11.8 Å². The van der Waals surface area contributed by atoms with Crippen molar-refractivity contribution in [3.8, 4) is 11.3 Å². The second kappa shape index (κ2) is 12.5. The molecule has 2 amide bonds. The van der Waals surface area contributed by atoms with Gasteiger partial charge in [0, 0.05) is 30.6 Å². The summed E-state index contributed by atoms with van der Waals surface area (Å²) in [5, 5.41) is 5.28. The van der Waals surface area contributed by atoms with Crippen LogP contribution in [0, 0.1) is 0 Å². The minimum atomic E-state index is -1.49. The highest BCUT2D eigenvalue weighted by molar-refractivity contribution is 5.90. The molecule has 0 radical (unpaired) electrons. The van der Waals surface area contributed by atoms with Gasteiger partial charge in [-0.3, -0.25) is 4.79 Å². The van der Waals surface area contributed by atoms with Crippen LogP contribution < -0.4 is 10.6 Å². The monoisotopic (exact) mass is 516 g/mol. The fraction of sp³-hybridized carbons (Fsp3) is 0.323. The van der Waals surface area contributed by atoms with Gasteiger partial charge >= 0.3 is 6.03 Å². The van der Waals surface area contributed by atoms with Crippen LogP contribution in [0.1, 0.15) is 63.4 Å². The number of alkyl halides is 1. The Morgan fingerprint density at radius 3 is 2.53 bits per heavy atom. The van der Waals surface area contributed by atoms with Gasteiger partial charge in [-0.1, -0.05) is 62.9 Å². The van der Waals surface area contributed by atoms with Crippen molar-refractivity contribution in [2.45, 2.75) is 52.1 Å². The Morgan fingerprint density at radius 1 is 1.18 bits per heavy atom. The maximum atomic E-state index is 13.7. The number of urea groups is 1. The summed E-state index contributed by atoms with van der Waals surface area (Å²) in [6.07, 6.45) is 6.97. The van der Waals surface area contributed by atoms with E-state index in [9.17, 15) is 14.0 Å². The third-order valence-corrected chi connectivity index (χ3v) is 6.34. The van der Waals surface area contributed by atoms with E-state index in [2.05, 4.69) is 22.2 Å². The van der Waals surface area contributed by atoms with Crippen LogP contribution in [0.5, 0.6) is 0 Å². The quantitative estimate of drug-likeness (QED) is 0.266. The van der Waals surface area contributed by atoms with E-state index in [4.69, 9.17) is 0 Å². The van der Waals surface area contributed by atoms with Crippen molar-refractivity contribution in [2.75, 3.05) is 11.9 Å². The predicted octanol–water partition coefficient (Wildman–Crippen LogP) is 7.16. The number of hydrogen-bond acceptors (Lipinski definition) is 3. The van der Waals surface area contributed by atoms with Gasteiger partial charge in [-0.15, -0.1) is 0 Å². The lowest BCUT2D eigenvalue weighted by Crippen LogP contribution is -2.37. The highest BCUT2D eigenvalue weighted by Crippen LogP contribution is 2.27. The Balaban J connectivity index is 1.79. The molecule has 1 aromatic heterocycles. The first-order valence-corrected chi connectivity index (χ1v) is 12.9. The fourth-order valence-corrected chi connectivity index (χ4v) is 4.06. The fourth-order valence-electron chi connectivity index (χ4n) is 4.06. The number of aromatic nitrogens is 2. The summed E-state index contributed by atoms with van der Waals surface area (Å²) in [7, 11) is 1.93. The molecular weight excluding hydrogens is 479 g/mol. The van der Waals surface area contributed by atoms with E-state index in [1.165, 1.54) is 13.8 Å². The van der Waals surface area contributed by atoms with Crippen molar-refractivity contribution in [3.63, 3.8) is 0 Å². The third kappa shape index (κ3) is 7.51. The lowest BCUT2D eigenvalue weighted by molar-refractivity contribution is -0.120. The summed E-state index contributed by atoms with van der Waals surface area (Å²) in [6, 6.07) is 14.9. The van der Waals surface area contributed by atoms with Gasteiger partial charge in [0.1, 0.15) is 17.3 Å². The molecule has 3 aromatic rings. The molecule has 1 unspecified atom stereocenters. The number of benzene rings is 2. The van der Waals surface area contributed by atoms with Gasteiger partial charge in [0.25, 0.3) is 0 Å². The number of amides is 2. The lowest BCUT2D eigenvalue weighted by Gasteiger charge is -2.15. The molecule has 38 heavy (non-hydrogen) atoms. The zero-order valence-electron chi connectivity index (χ0n) is 22.8. The lowest BCUT2D eigenvalue weighted by atomic mass is 9.92. The average Bonchev–Trinajstić information content (AvgIpc) is 3.25. The topological polar surface area (TPSA) is 76.0 Å². The van der Waals surface area contributed by atoms with Crippen LogP contribution in [0.2, 0.25) is 0 Å². The molecule has 200 valence electrons. The van der Waals surface area contributed by atoms with Crippen LogP contribution in [0.25, 0.3) is 22.9 Å². The number of allylic oxidation sites excluding steroid dienone is 2. The van der Waals surface area contributed by atoms with E-state index in [0.29, 0.717) is 12.1 Å². The Morgan fingerprint density at radius 2 is 1.89 bits per heavy atom. The van der Waals surface area contributed by atoms with Gasteiger partial charge in [0.15, 0.2) is 0 Å². The molecule has 0 spiro atoms. The van der Waals surface area contributed by atoms with Crippen LogP contribution in [0.15, 0.2) is 67.4 Å². The average molecular weight is 517 g/mol. The maximum absolute atomic E-state index is 13.7. The molecule has 3 rings (SSSR count). The smallest absolute Gasteiger partial charge is 0.319 e. The van der Waals surface area contributed by atoms with E-state index < -0.39 is 11.7 Å². The number of Topliss-reactive ketones (excluding diaryl/α,β-unsaturated/α-hetero) is 1. The van der Waals surface area contributed by atoms with Gasteiger partial charge < -0.3 is 15.2 Å². The molecular formula is C31H37FN4O2. The van der Waals surface area contributed by atoms with E-state index in [0.717, 1.165) is 40.2 Å². The van der Waals surface area contributed by atoms with Gasteiger partial charge in [-0.25, -0.2) is 14.2 Å². The molecule has 0 aliphatic rings. The second-order valence-electron chi connectivity index (χ2n) is 10.0. The number of nitrogens with one attached hydrogen (secondary N) is 2. The summed E-state index contributed by atoms with van der Waals surface area (Å²) >= 11 is 0. The first kappa shape index (κ1) is 28.6. The van der Waals surface area contributed by atoms with Crippen LogP contribution >= 0.6 is 0 Å². The van der Waals surface area contributed by atoms with Gasteiger partial charge in [0.2, 0.25) is 0 Å². The summed E-state index contributed by atoms with van der Waals surface area (Å²) in [5.41, 5.74) is 3.74. The maximum Gasteiger partial charge on any atom is 0.319 e. The highest BCUT2D eigenvalue weighted by atomic mass is 19.1. The minimum absolute atomic E-state index is 0.0830. The number of rotatable bonds is 11. The van der Waals surface area contributed by atoms with Crippen molar-refractivity contribution in [3.05, 3.63) is 84.3 Å². The summed E-state index contributed by atoms with van der Waals surface area (Å²) < 4.78 is 15.6. The predicted molar refractivity (Wildman–Crippen MR) is 154 cm³/mol. The van der Waals surface area contributed by atoms with Gasteiger partial charge in [-0.05, 0) is 55.2 Å². The SMILES string of the molecule is C=C/C(=C\c1ncc(-c2cccc(NC(=O)NCC(C)(C)F)c2)n1C)c1ccc(C(C)C(=O)CCC)cc1. The Bertz CT molecular complexity index is 1320. The number of ketones is 1. The molecule has 0 fully saturated rings. The molecule has 7 heteroatoms. The molecule has 0 saturated carbocycles. The van der Waals surface area contributed by atoms with Crippen LogP contribution in [0.4, 0.5) is 14.9 Å². The Kier molecular flexibility index (Phi) is 9.40. The minimum Gasteiger partial charge on any atom is -0.335 e. The zero-order valence-corrected chi connectivity index (χ0v) is 22.8. The van der Waals surface area contributed by atoms with E-state index in [1.54, 1.807) is 18.3 Å². The number of hydrogen-bond donors (Lipinski definition) is 2. The van der Waals surface area contributed by atoms with E-state index in [-0.39, 0.29) is 18.2 Å². The second-order valence-corrected chi connectivity index (χ2v) is 10.0. The molecule has 2 aromatic carbocycles. The highest BCUT2D eigenvalue weighted by Gasteiger charge is 2.17. The van der Waals surface area contributed by atoms with Crippen LogP contribution in [-0.4, -0.2) is 33.6 Å². The number of carbonyl (C=O) groups is 2. The van der Waals surface area contributed by atoms with Crippen molar-refractivity contribution in [2.24, 2.45) is 7.05 Å². The standard InChI is InChI=1S/C31H37FN4O2/c1-7-10-28(37)21(3)23-13-15-24(16-14-23)22(8-2)18-29-33-19-27(36(29)6)25-11-9-12-26(17-25)35-30(38)34-20-31(4,5)32/h8-9,11-19,21H,2,7,10,20H2,1,3-6H3,(H2,34,35,38)/b22-18+. The first-order valence-electron chi connectivity index (χ1n) is 12.9. The number of halogens is 1. The Labute approximate surface area is 224 Å². The molecule has 1 atom stereocenters. The number of anilines is 1. The summed E-state index contributed by atoms with van der Waals surface area (Å²) in [6.45, 7) is 10.7. The molecule has 2 N–H and O–H groups in total. The number of imidazole rings is 1. The van der Waals surface area contributed by atoms with Crippen molar-refractivity contribution in [1.82, 2.24) is 14.9 Å². The number of carbonyl (C=O) groups excluding carboxylic acids is 2. The summed E-state index contributed by atoms with van der Waals surface area (Å²) in [4.78, 5) is 29.0. The molecule has 0 aliphatic heterocycles. The number of nitrogens with zero attached hydrogens (tertiary/aromatic N) is 2. The molecule has 0 saturated heterocycles. The van der Waals surface area contributed by atoms with Crippen molar-refractivity contribution >= 4 is 29.2 Å². The van der Waals surface area contributed by atoms with Gasteiger partial charge in [0.05, 0.1) is 18.4 Å². The van der Waals surface area contributed by atoms with Crippen LogP contribution in [0.3, 0.4) is 0 Å². The molecule has 1 heterocycles. The molecule has 0 aliphatic carbocycles. The van der Waals surface area contributed by atoms with E-state index in [1.807, 2.05) is 74.0 Å². The molecule has 6 nitrogen and oxygen atoms in total. The molecule has 0 bridgehead atoms. The Hall–Kier alpha value is -4.00. The zero-order chi connectivity index (χ0) is 27.9. The summed E-state index contributed by atoms with van der Waals surface area (Å²) in [5.74, 6) is 0.875. The first-order chi connectivity index (χ1) is 18.0. The normalized spacial score (nSPS) is 12.6.